The first-order chi connectivity index (χ1) is 12.2. The zero-order chi connectivity index (χ0) is 19.5. The van der Waals surface area contributed by atoms with E-state index in [2.05, 4.69) is 14.2 Å². The highest BCUT2D eigenvalue weighted by atomic mass is 19.4. The van der Waals surface area contributed by atoms with Gasteiger partial charge in [-0.15, -0.1) is 13.2 Å². The maximum atomic E-state index is 13.8. The summed E-state index contributed by atoms with van der Waals surface area (Å²) < 4.78 is 68.9. The quantitative estimate of drug-likeness (QED) is 0.586. The van der Waals surface area contributed by atoms with Crippen molar-refractivity contribution in [2.24, 2.45) is 0 Å². The van der Waals surface area contributed by atoms with Gasteiger partial charge in [-0.25, -0.2) is 14.0 Å². The first kappa shape index (κ1) is 19.5. The molecule has 0 fully saturated rings. The van der Waals surface area contributed by atoms with Crippen molar-refractivity contribution in [1.29, 1.82) is 0 Å². The molecular weight excluding hydrogens is 366 g/mol. The average Bonchev–Trinajstić information content (AvgIpc) is 2.57. The van der Waals surface area contributed by atoms with Crippen LogP contribution in [-0.4, -0.2) is 45.9 Å². The number of benzene rings is 1. The van der Waals surface area contributed by atoms with Crippen LogP contribution in [0.2, 0.25) is 0 Å². The Morgan fingerprint density at radius 3 is 2.35 bits per heavy atom. The Labute approximate surface area is 144 Å². The van der Waals surface area contributed by atoms with E-state index in [1.54, 1.807) is 0 Å². The second kappa shape index (κ2) is 7.60. The summed E-state index contributed by atoms with van der Waals surface area (Å²) >= 11 is 0. The molecule has 142 valence electrons. The molecule has 26 heavy (non-hydrogen) atoms. The van der Waals surface area contributed by atoms with Crippen LogP contribution in [0.5, 0.6) is 5.75 Å². The van der Waals surface area contributed by atoms with Crippen molar-refractivity contribution in [3.05, 3.63) is 35.3 Å². The molecule has 0 spiro atoms. The van der Waals surface area contributed by atoms with Gasteiger partial charge in [0, 0.05) is 12.1 Å². The Hall–Kier alpha value is -2.82. The minimum absolute atomic E-state index is 0.217. The van der Waals surface area contributed by atoms with Gasteiger partial charge in [0.2, 0.25) is 0 Å². The SMILES string of the molecule is COC(=O)C1=C(C(=O)OC)N(c2cc(F)cc(OC(F)(F)F)c2)COC1. The molecule has 0 N–H and O–H groups in total. The van der Waals surface area contributed by atoms with E-state index in [4.69, 9.17) is 4.74 Å². The molecule has 1 heterocycles. The van der Waals surface area contributed by atoms with E-state index < -0.39 is 29.9 Å². The standard InChI is InChI=1S/C15H13F4NO6/c1-23-13(21)11-6-25-7-20(12(11)14(22)24-2)9-3-8(16)4-10(5-9)26-15(17,18)19/h3-5H,6-7H2,1-2H3. The molecular formula is C15H13F4NO6. The van der Waals surface area contributed by atoms with Gasteiger partial charge in [-0.3, -0.25) is 0 Å². The molecule has 0 saturated carbocycles. The number of hydrogen-bond acceptors (Lipinski definition) is 7. The third kappa shape index (κ3) is 4.42. The summed E-state index contributed by atoms with van der Waals surface area (Å²) in [6, 6.07) is 2.20. The van der Waals surface area contributed by atoms with E-state index in [0.717, 1.165) is 31.3 Å². The van der Waals surface area contributed by atoms with Crippen molar-refractivity contribution >= 4 is 17.6 Å². The number of esters is 2. The summed E-state index contributed by atoms with van der Waals surface area (Å²) in [5.74, 6) is -3.78. The van der Waals surface area contributed by atoms with Crippen LogP contribution in [0.3, 0.4) is 0 Å². The molecule has 0 aliphatic carbocycles. The number of hydrogen-bond donors (Lipinski definition) is 0. The number of carbonyl (C=O) groups is 2. The third-order valence-corrected chi connectivity index (χ3v) is 3.23. The van der Waals surface area contributed by atoms with Gasteiger partial charge in [-0.1, -0.05) is 0 Å². The Kier molecular flexibility index (Phi) is 5.70. The van der Waals surface area contributed by atoms with E-state index in [0.29, 0.717) is 6.07 Å². The van der Waals surface area contributed by atoms with Crippen molar-refractivity contribution in [3.8, 4) is 5.75 Å². The van der Waals surface area contributed by atoms with Gasteiger partial charge in [0.15, 0.2) is 0 Å². The van der Waals surface area contributed by atoms with Gasteiger partial charge in [0.05, 0.1) is 32.1 Å². The van der Waals surface area contributed by atoms with Crippen LogP contribution in [0.4, 0.5) is 23.2 Å². The molecule has 1 aliphatic heterocycles. The van der Waals surface area contributed by atoms with Gasteiger partial charge in [-0.2, -0.15) is 0 Å². The fourth-order valence-electron chi connectivity index (χ4n) is 2.24. The Morgan fingerprint density at radius 2 is 1.77 bits per heavy atom. The summed E-state index contributed by atoms with van der Waals surface area (Å²) in [7, 11) is 2.11. The fraction of sp³-hybridized carbons (Fsp3) is 0.333. The average molecular weight is 379 g/mol. The van der Waals surface area contributed by atoms with E-state index in [1.807, 2.05) is 0 Å². The molecule has 2 rings (SSSR count). The van der Waals surface area contributed by atoms with Crippen LogP contribution >= 0.6 is 0 Å². The van der Waals surface area contributed by atoms with Crippen molar-refractivity contribution in [3.63, 3.8) is 0 Å². The predicted molar refractivity (Wildman–Crippen MR) is 77.4 cm³/mol. The number of ether oxygens (including phenoxy) is 4. The van der Waals surface area contributed by atoms with Crippen molar-refractivity contribution in [2.45, 2.75) is 6.36 Å². The highest BCUT2D eigenvalue weighted by molar-refractivity contribution is 6.03. The minimum Gasteiger partial charge on any atom is -0.466 e. The summed E-state index contributed by atoms with van der Waals surface area (Å²) in [6.07, 6.45) is -5.04. The molecule has 1 aromatic rings. The zero-order valence-electron chi connectivity index (χ0n) is 13.6. The number of rotatable bonds is 4. The summed E-state index contributed by atoms with van der Waals surface area (Å²) in [5, 5.41) is 0. The van der Waals surface area contributed by atoms with Crippen LogP contribution in [0, 0.1) is 5.82 Å². The second-order valence-electron chi connectivity index (χ2n) is 4.91. The molecule has 0 atom stereocenters. The largest absolute Gasteiger partial charge is 0.573 e. The van der Waals surface area contributed by atoms with Crippen LogP contribution in [0.25, 0.3) is 0 Å². The fourth-order valence-corrected chi connectivity index (χ4v) is 2.24. The lowest BCUT2D eigenvalue weighted by Gasteiger charge is -2.31. The van der Waals surface area contributed by atoms with Crippen LogP contribution in [0.1, 0.15) is 0 Å². The maximum Gasteiger partial charge on any atom is 0.573 e. The monoisotopic (exact) mass is 379 g/mol. The van der Waals surface area contributed by atoms with Crippen LogP contribution in [-0.2, 0) is 23.8 Å². The molecule has 1 aromatic carbocycles. The molecule has 0 radical (unpaired) electrons. The lowest BCUT2D eigenvalue weighted by Crippen LogP contribution is -2.38. The summed E-state index contributed by atoms with van der Waals surface area (Å²) in [5.41, 5.74) is -0.784. The van der Waals surface area contributed by atoms with Crippen molar-refractivity contribution < 1.29 is 46.1 Å². The number of carbonyl (C=O) groups excluding carboxylic acids is 2. The maximum absolute atomic E-state index is 13.8. The van der Waals surface area contributed by atoms with Gasteiger partial charge in [0.1, 0.15) is 24.0 Å². The van der Waals surface area contributed by atoms with E-state index in [9.17, 15) is 27.2 Å². The molecule has 1 aliphatic rings. The Morgan fingerprint density at radius 1 is 1.12 bits per heavy atom. The highest BCUT2D eigenvalue weighted by Gasteiger charge is 2.34. The topological polar surface area (TPSA) is 74.3 Å². The molecule has 0 amide bonds. The van der Waals surface area contributed by atoms with Gasteiger partial charge in [-0.05, 0) is 6.07 Å². The normalized spacial score (nSPS) is 14.9. The number of methoxy groups -OCH3 is 2. The molecule has 0 unspecified atom stereocenters. The Bertz CT molecular complexity index is 746. The summed E-state index contributed by atoms with van der Waals surface area (Å²) in [4.78, 5) is 24.9. The van der Waals surface area contributed by atoms with Gasteiger partial charge in [0.25, 0.3) is 0 Å². The second-order valence-corrected chi connectivity index (χ2v) is 4.91. The van der Waals surface area contributed by atoms with Gasteiger partial charge >= 0.3 is 18.3 Å². The Balaban J connectivity index is 2.54. The first-order valence-corrected chi connectivity index (χ1v) is 6.97. The molecule has 0 bridgehead atoms. The lowest BCUT2D eigenvalue weighted by molar-refractivity contribution is -0.274. The summed E-state index contributed by atoms with van der Waals surface area (Å²) in [6.45, 7) is -0.644. The highest BCUT2D eigenvalue weighted by Crippen LogP contribution is 2.32. The third-order valence-electron chi connectivity index (χ3n) is 3.23. The van der Waals surface area contributed by atoms with E-state index >= 15 is 0 Å². The number of anilines is 1. The smallest absolute Gasteiger partial charge is 0.466 e. The molecule has 7 nitrogen and oxygen atoms in total. The molecule has 0 saturated heterocycles. The van der Waals surface area contributed by atoms with Crippen molar-refractivity contribution in [1.82, 2.24) is 0 Å². The number of halogens is 4. The van der Waals surface area contributed by atoms with Crippen LogP contribution in [0.15, 0.2) is 29.5 Å². The molecule has 11 heteroatoms. The van der Waals surface area contributed by atoms with Crippen LogP contribution < -0.4 is 9.64 Å². The number of alkyl halides is 3. The molecule has 0 aromatic heterocycles. The first-order valence-electron chi connectivity index (χ1n) is 6.97. The lowest BCUT2D eigenvalue weighted by atomic mass is 10.1. The number of nitrogens with zero attached hydrogens (tertiary/aromatic N) is 1. The van der Waals surface area contributed by atoms with E-state index in [1.165, 1.54) is 0 Å². The predicted octanol–water partition coefficient (Wildman–Crippen LogP) is 2.12. The minimum atomic E-state index is -5.04. The van der Waals surface area contributed by atoms with Gasteiger partial charge < -0.3 is 23.8 Å². The van der Waals surface area contributed by atoms with Crippen molar-refractivity contribution in [2.75, 3.05) is 32.5 Å². The zero-order valence-corrected chi connectivity index (χ0v) is 13.6. The van der Waals surface area contributed by atoms with E-state index in [-0.39, 0.29) is 30.3 Å².